The molecule has 0 aliphatic rings. The summed E-state index contributed by atoms with van der Waals surface area (Å²) in [6.45, 7) is 3.69. The van der Waals surface area contributed by atoms with Crippen molar-refractivity contribution >= 4 is 11.6 Å². The average Bonchev–Trinajstić information content (AvgIpc) is 2.30. The maximum atomic E-state index is 11.0. The number of hydrogen-bond donors (Lipinski definition) is 1. The second-order valence-corrected chi connectivity index (χ2v) is 3.99. The third-order valence-corrected chi connectivity index (χ3v) is 2.37. The first kappa shape index (κ1) is 13.3. The molecule has 2 nitrogen and oxygen atoms in total. The third-order valence-electron chi connectivity index (χ3n) is 2.37. The van der Waals surface area contributed by atoms with Crippen molar-refractivity contribution in [2.24, 2.45) is 0 Å². The molecular weight excluding hydrogens is 210 g/mol. The zero-order valence-corrected chi connectivity index (χ0v) is 10.5. The second kappa shape index (κ2) is 7.51. The van der Waals surface area contributed by atoms with E-state index in [1.165, 1.54) is 19.8 Å². The summed E-state index contributed by atoms with van der Waals surface area (Å²) in [6.07, 6.45) is 4.50. The van der Waals surface area contributed by atoms with Crippen molar-refractivity contribution in [3.8, 4) is 11.8 Å². The topological polar surface area (TPSA) is 29.1 Å². The molecule has 0 aromatic heterocycles. The number of carbonyl (C=O) groups is 1. The lowest BCUT2D eigenvalue weighted by Gasteiger charge is -2.03. The van der Waals surface area contributed by atoms with Crippen LogP contribution < -0.4 is 5.32 Å². The maximum absolute atomic E-state index is 11.0. The van der Waals surface area contributed by atoms with Gasteiger partial charge in [-0.3, -0.25) is 4.79 Å². The van der Waals surface area contributed by atoms with Crippen molar-refractivity contribution in [2.45, 2.75) is 39.5 Å². The van der Waals surface area contributed by atoms with Gasteiger partial charge in [0, 0.05) is 18.9 Å². The van der Waals surface area contributed by atoms with E-state index in [0.29, 0.717) is 0 Å². The molecule has 0 aliphatic heterocycles. The molecule has 1 aromatic rings. The first-order valence-corrected chi connectivity index (χ1v) is 6.09. The van der Waals surface area contributed by atoms with E-state index in [4.69, 9.17) is 0 Å². The number of rotatable bonds is 4. The van der Waals surface area contributed by atoms with Crippen molar-refractivity contribution in [3.63, 3.8) is 0 Å². The van der Waals surface area contributed by atoms with Gasteiger partial charge in [-0.2, -0.15) is 0 Å². The Morgan fingerprint density at radius 2 is 2.06 bits per heavy atom. The molecule has 0 fully saturated rings. The second-order valence-electron chi connectivity index (χ2n) is 3.99. The molecule has 17 heavy (non-hydrogen) atoms. The molecule has 2 heteroatoms. The van der Waals surface area contributed by atoms with E-state index < -0.39 is 0 Å². The Hall–Kier alpha value is -1.75. The SMILES string of the molecule is CCCCCC#Cc1ccccc1NC(C)=O. The molecule has 90 valence electrons. The van der Waals surface area contributed by atoms with Crippen LogP contribution in [0.5, 0.6) is 0 Å². The first-order valence-electron chi connectivity index (χ1n) is 6.09. The molecule has 1 N–H and O–H groups in total. The Morgan fingerprint density at radius 1 is 1.29 bits per heavy atom. The van der Waals surface area contributed by atoms with Gasteiger partial charge in [0.2, 0.25) is 5.91 Å². The lowest BCUT2D eigenvalue weighted by molar-refractivity contribution is -0.114. The van der Waals surface area contributed by atoms with Crippen molar-refractivity contribution in [2.75, 3.05) is 5.32 Å². The molecule has 0 radical (unpaired) electrons. The highest BCUT2D eigenvalue weighted by Gasteiger charge is 1.99. The van der Waals surface area contributed by atoms with Crippen molar-refractivity contribution in [1.29, 1.82) is 0 Å². The zero-order valence-electron chi connectivity index (χ0n) is 10.5. The van der Waals surface area contributed by atoms with Gasteiger partial charge >= 0.3 is 0 Å². The predicted octanol–water partition coefficient (Wildman–Crippen LogP) is 3.58. The Labute approximate surface area is 103 Å². The first-order chi connectivity index (χ1) is 8.24. The maximum Gasteiger partial charge on any atom is 0.221 e. The Morgan fingerprint density at radius 3 is 2.76 bits per heavy atom. The van der Waals surface area contributed by atoms with Crippen LogP contribution in [0.2, 0.25) is 0 Å². The number of carbonyl (C=O) groups excluding carboxylic acids is 1. The lowest BCUT2D eigenvalue weighted by atomic mass is 10.1. The van der Waals surface area contributed by atoms with Crippen LogP contribution in [-0.4, -0.2) is 5.91 Å². The Bertz CT molecular complexity index is 426. The normalized spacial score (nSPS) is 9.29. The van der Waals surface area contributed by atoms with Crippen molar-refractivity contribution in [1.82, 2.24) is 0 Å². The molecule has 0 atom stereocenters. The standard InChI is InChI=1S/C15H19NO/c1-3-4-5-6-7-10-14-11-8-9-12-15(14)16-13(2)17/h8-9,11-12H,3-6H2,1-2H3,(H,16,17). The van der Waals surface area contributed by atoms with Gasteiger partial charge in [0.05, 0.1) is 5.69 Å². The number of amides is 1. The fourth-order valence-electron chi connectivity index (χ4n) is 1.51. The van der Waals surface area contributed by atoms with Crippen LogP contribution in [0.15, 0.2) is 24.3 Å². The molecule has 0 spiro atoms. The molecule has 0 unspecified atom stereocenters. The summed E-state index contributed by atoms with van der Waals surface area (Å²) in [5, 5.41) is 2.78. The molecule has 0 heterocycles. The molecular formula is C15H19NO. The van der Waals surface area contributed by atoms with Crippen LogP contribution in [0.1, 0.15) is 45.1 Å². The Balaban J connectivity index is 2.65. The highest BCUT2D eigenvalue weighted by Crippen LogP contribution is 2.13. The fourth-order valence-corrected chi connectivity index (χ4v) is 1.51. The molecule has 0 aliphatic carbocycles. The summed E-state index contributed by atoms with van der Waals surface area (Å²) < 4.78 is 0. The lowest BCUT2D eigenvalue weighted by Crippen LogP contribution is -2.06. The minimum atomic E-state index is -0.0646. The molecule has 1 amide bonds. The number of benzene rings is 1. The van der Waals surface area contributed by atoms with Crippen LogP contribution in [0.3, 0.4) is 0 Å². The quantitative estimate of drug-likeness (QED) is 0.620. The molecule has 1 rings (SSSR count). The van der Waals surface area contributed by atoms with Gasteiger partial charge < -0.3 is 5.32 Å². The van der Waals surface area contributed by atoms with Crippen LogP contribution in [0, 0.1) is 11.8 Å². The predicted molar refractivity (Wildman–Crippen MR) is 71.8 cm³/mol. The minimum absolute atomic E-state index is 0.0646. The summed E-state index contributed by atoms with van der Waals surface area (Å²) in [5.41, 5.74) is 1.68. The largest absolute Gasteiger partial charge is 0.325 e. The van der Waals surface area contributed by atoms with E-state index >= 15 is 0 Å². The van der Waals surface area contributed by atoms with E-state index in [0.717, 1.165) is 24.1 Å². The molecule has 0 saturated carbocycles. The summed E-state index contributed by atoms with van der Waals surface area (Å²) in [4.78, 5) is 11.0. The van der Waals surface area contributed by atoms with E-state index in [-0.39, 0.29) is 5.91 Å². The minimum Gasteiger partial charge on any atom is -0.325 e. The van der Waals surface area contributed by atoms with E-state index in [1.807, 2.05) is 24.3 Å². The van der Waals surface area contributed by atoms with Crippen LogP contribution in [-0.2, 0) is 4.79 Å². The number of unbranched alkanes of at least 4 members (excludes halogenated alkanes) is 3. The smallest absolute Gasteiger partial charge is 0.221 e. The summed E-state index contributed by atoms with van der Waals surface area (Å²) in [5.74, 6) is 6.20. The van der Waals surface area contributed by atoms with Crippen LogP contribution >= 0.6 is 0 Å². The molecule has 0 bridgehead atoms. The van der Waals surface area contributed by atoms with Gasteiger partial charge in [-0.1, -0.05) is 43.7 Å². The van der Waals surface area contributed by atoms with Gasteiger partial charge in [-0.25, -0.2) is 0 Å². The van der Waals surface area contributed by atoms with E-state index in [2.05, 4.69) is 24.1 Å². The number of hydrogen-bond acceptors (Lipinski definition) is 1. The summed E-state index contributed by atoms with van der Waals surface area (Å²) in [7, 11) is 0. The molecule has 0 saturated heterocycles. The van der Waals surface area contributed by atoms with Gasteiger partial charge in [0.15, 0.2) is 0 Å². The highest BCUT2D eigenvalue weighted by molar-refractivity contribution is 5.90. The fraction of sp³-hybridized carbons (Fsp3) is 0.400. The van der Waals surface area contributed by atoms with Crippen LogP contribution in [0.4, 0.5) is 5.69 Å². The van der Waals surface area contributed by atoms with Gasteiger partial charge in [0.25, 0.3) is 0 Å². The van der Waals surface area contributed by atoms with Crippen molar-refractivity contribution < 1.29 is 4.79 Å². The third kappa shape index (κ3) is 5.21. The average molecular weight is 229 g/mol. The number of anilines is 1. The highest BCUT2D eigenvalue weighted by atomic mass is 16.1. The van der Waals surface area contributed by atoms with Gasteiger partial charge in [-0.15, -0.1) is 0 Å². The van der Waals surface area contributed by atoms with Crippen molar-refractivity contribution in [3.05, 3.63) is 29.8 Å². The molecule has 1 aromatic carbocycles. The van der Waals surface area contributed by atoms with E-state index in [1.54, 1.807) is 0 Å². The van der Waals surface area contributed by atoms with E-state index in [9.17, 15) is 4.79 Å². The summed E-state index contributed by atoms with van der Waals surface area (Å²) >= 11 is 0. The monoisotopic (exact) mass is 229 g/mol. The number of nitrogens with one attached hydrogen (secondary N) is 1. The number of para-hydroxylation sites is 1. The zero-order chi connectivity index (χ0) is 12.5. The Kier molecular flexibility index (Phi) is 5.88. The summed E-state index contributed by atoms with van der Waals surface area (Å²) in [6, 6.07) is 7.63. The van der Waals surface area contributed by atoms with Gasteiger partial charge in [-0.05, 0) is 18.6 Å². The van der Waals surface area contributed by atoms with Gasteiger partial charge in [0.1, 0.15) is 0 Å². The van der Waals surface area contributed by atoms with Crippen LogP contribution in [0.25, 0.3) is 0 Å².